The Morgan fingerprint density at radius 1 is 1.29 bits per heavy atom. The van der Waals surface area contributed by atoms with Crippen LogP contribution in [0.1, 0.15) is 17.3 Å². The summed E-state index contributed by atoms with van der Waals surface area (Å²) in [7, 11) is 2.79. The molecule has 0 atom stereocenters. The molecule has 1 aliphatic heterocycles. The second kappa shape index (κ2) is 5.78. The fourth-order valence-electron chi connectivity index (χ4n) is 2.05. The van der Waals surface area contributed by atoms with Crippen molar-refractivity contribution >= 4 is 23.3 Å². The second-order valence-electron chi connectivity index (χ2n) is 4.51. The SMILES string of the molecule is COC(=O)C(C)=CCN1C(=O)C(=O)c2ccc(OC)cc21. The molecule has 21 heavy (non-hydrogen) atoms. The number of carbonyl (C=O) groups excluding carboxylic acids is 3. The first-order valence-corrected chi connectivity index (χ1v) is 6.29. The van der Waals surface area contributed by atoms with Crippen molar-refractivity contribution in [2.75, 3.05) is 25.7 Å². The molecule has 0 aromatic heterocycles. The van der Waals surface area contributed by atoms with Crippen LogP contribution in [0, 0.1) is 0 Å². The molecule has 1 heterocycles. The molecule has 2 rings (SSSR count). The van der Waals surface area contributed by atoms with Crippen LogP contribution < -0.4 is 9.64 Å². The van der Waals surface area contributed by atoms with Crippen molar-refractivity contribution in [2.24, 2.45) is 0 Å². The first-order valence-electron chi connectivity index (χ1n) is 6.29. The summed E-state index contributed by atoms with van der Waals surface area (Å²) < 4.78 is 9.68. The van der Waals surface area contributed by atoms with Gasteiger partial charge in [-0.2, -0.15) is 0 Å². The van der Waals surface area contributed by atoms with Gasteiger partial charge in [-0.25, -0.2) is 4.79 Å². The number of esters is 1. The van der Waals surface area contributed by atoms with Crippen LogP contribution in [0.25, 0.3) is 0 Å². The number of hydrogen-bond acceptors (Lipinski definition) is 5. The molecule has 0 N–H and O–H groups in total. The number of methoxy groups -OCH3 is 2. The minimum Gasteiger partial charge on any atom is -0.497 e. The van der Waals surface area contributed by atoms with E-state index in [0.29, 0.717) is 22.6 Å². The summed E-state index contributed by atoms with van der Waals surface area (Å²) in [6, 6.07) is 4.81. The Balaban J connectivity index is 2.32. The van der Waals surface area contributed by atoms with Crippen molar-refractivity contribution in [3.05, 3.63) is 35.4 Å². The van der Waals surface area contributed by atoms with Gasteiger partial charge >= 0.3 is 5.97 Å². The molecule has 0 unspecified atom stereocenters. The largest absolute Gasteiger partial charge is 0.497 e. The molecule has 0 saturated carbocycles. The van der Waals surface area contributed by atoms with Crippen molar-refractivity contribution < 1.29 is 23.9 Å². The van der Waals surface area contributed by atoms with Gasteiger partial charge in [-0.05, 0) is 19.1 Å². The van der Waals surface area contributed by atoms with Gasteiger partial charge in [-0.1, -0.05) is 6.08 Å². The first-order chi connectivity index (χ1) is 9.99. The lowest BCUT2D eigenvalue weighted by Gasteiger charge is -2.15. The Hall–Kier alpha value is -2.63. The van der Waals surface area contributed by atoms with Crippen molar-refractivity contribution in [3.8, 4) is 5.75 Å². The van der Waals surface area contributed by atoms with Gasteiger partial charge in [0.15, 0.2) is 0 Å². The number of Topliss-reactive ketones (excluding diaryl/α,β-unsaturated/α-hetero) is 1. The van der Waals surface area contributed by atoms with Crippen LogP contribution >= 0.6 is 0 Å². The molecule has 1 amide bonds. The maximum absolute atomic E-state index is 12.0. The number of ether oxygens (including phenoxy) is 2. The van der Waals surface area contributed by atoms with E-state index in [2.05, 4.69) is 4.74 Å². The lowest BCUT2D eigenvalue weighted by Crippen LogP contribution is -2.30. The van der Waals surface area contributed by atoms with Crippen molar-refractivity contribution in [1.29, 1.82) is 0 Å². The molecule has 0 bridgehead atoms. The highest BCUT2D eigenvalue weighted by Gasteiger charge is 2.35. The van der Waals surface area contributed by atoms with E-state index in [1.54, 1.807) is 31.2 Å². The highest BCUT2D eigenvalue weighted by Crippen LogP contribution is 2.32. The van der Waals surface area contributed by atoms with Crippen molar-refractivity contribution in [3.63, 3.8) is 0 Å². The van der Waals surface area contributed by atoms with Gasteiger partial charge in [0.25, 0.3) is 11.7 Å². The molecule has 0 fully saturated rings. The van der Waals surface area contributed by atoms with Gasteiger partial charge in [-0.15, -0.1) is 0 Å². The van der Waals surface area contributed by atoms with E-state index in [-0.39, 0.29) is 6.54 Å². The van der Waals surface area contributed by atoms with Crippen LogP contribution in [0.4, 0.5) is 5.69 Å². The lowest BCUT2D eigenvalue weighted by molar-refractivity contribution is -0.136. The van der Waals surface area contributed by atoms with Crippen LogP contribution in [0.15, 0.2) is 29.8 Å². The number of benzene rings is 1. The summed E-state index contributed by atoms with van der Waals surface area (Å²) in [5.41, 5.74) is 1.19. The average Bonchev–Trinajstić information content (AvgIpc) is 2.75. The van der Waals surface area contributed by atoms with Gasteiger partial charge in [0, 0.05) is 18.2 Å². The molecule has 110 valence electrons. The summed E-state index contributed by atoms with van der Waals surface area (Å²) in [4.78, 5) is 36.5. The average molecular weight is 289 g/mol. The Morgan fingerprint density at radius 2 is 2.00 bits per heavy atom. The minimum atomic E-state index is -0.618. The molecule has 0 radical (unpaired) electrons. The summed E-state index contributed by atoms with van der Waals surface area (Å²) in [5.74, 6) is -1.10. The number of amides is 1. The Labute approximate surface area is 121 Å². The zero-order valence-electron chi connectivity index (χ0n) is 12.0. The van der Waals surface area contributed by atoms with Gasteiger partial charge < -0.3 is 14.4 Å². The summed E-state index contributed by atoms with van der Waals surface area (Å²) >= 11 is 0. The summed E-state index contributed by atoms with van der Waals surface area (Å²) in [6.07, 6.45) is 1.55. The second-order valence-corrected chi connectivity index (χ2v) is 4.51. The van der Waals surface area contributed by atoms with E-state index in [9.17, 15) is 14.4 Å². The highest BCUT2D eigenvalue weighted by molar-refractivity contribution is 6.52. The van der Waals surface area contributed by atoms with Gasteiger partial charge in [0.05, 0.1) is 25.5 Å². The maximum Gasteiger partial charge on any atom is 0.333 e. The molecule has 0 saturated heterocycles. The van der Waals surface area contributed by atoms with Crippen LogP contribution in [0.3, 0.4) is 0 Å². The molecule has 0 aliphatic carbocycles. The molecular weight excluding hydrogens is 274 g/mol. The fraction of sp³-hybridized carbons (Fsp3) is 0.267. The quantitative estimate of drug-likeness (QED) is 0.475. The normalized spacial score (nSPS) is 14.2. The number of nitrogens with zero attached hydrogens (tertiary/aromatic N) is 1. The third-order valence-corrected chi connectivity index (χ3v) is 3.27. The number of ketones is 1. The molecule has 1 aliphatic rings. The molecule has 6 nitrogen and oxygen atoms in total. The predicted octanol–water partition coefficient (Wildman–Crippen LogP) is 1.34. The molecular formula is C15H15NO5. The van der Waals surface area contributed by atoms with E-state index in [1.807, 2.05) is 0 Å². The Bertz CT molecular complexity index is 647. The molecule has 1 aromatic carbocycles. The topological polar surface area (TPSA) is 72.9 Å². The minimum absolute atomic E-state index is 0.117. The third-order valence-electron chi connectivity index (χ3n) is 3.27. The number of hydrogen-bond donors (Lipinski definition) is 0. The van der Waals surface area contributed by atoms with E-state index in [0.717, 1.165) is 0 Å². The van der Waals surface area contributed by atoms with Gasteiger partial charge in [0.1, 0.15) is 5.75 Å². The Morgan fingerprint density at radius 3 is 2.62 bits per heavy atom. The zero-order chi connectivity index (χ0) is 15.6. The number of fused-ring (bicyclic) bond motifs is 1. The number of anilines is 1. The maximum atomic E-state index is 12.0. The van der Waals surface area contributed by atoms with Crippen LogP contribution in [0.5, 0.6) is 5.75 Å². The van der Waals surface area contributed by atoms with Gasteiger partial charge in [-0.3, -0.25) is 9.59 Å². The smallest absolute Gasteiger partial charge is 0.333 e. The zero-order valence-corrected chi connectivity index (χ0v) is 12.0. The monoisotopic (exact) mass is 289 g/mol. The third kappa shape index (κ3) is 2.65. The van der Waals surface area contributed by atoms with E-state index in [1.165, 1.54) is 19.1 Å². The van der Waals surface area contributed by atoms with Crippen LogP contribution in [-0.2, 0) is 14.3 Å². The lowest BCUT2D eigenvalue weighted by atomic mass is 10.1. The first kappa shape index (κ1) is 14.8. The molecule has 1 aromatic rings. The van der Waals surface area contributed by atoms with Crippen molar-refractivity contribution in [1.82, 2.24) is 0 Å². The summed E-state index contributed by atoms with van der Waals surface area (Å²) in [5, 5.41) is 0. The standard InChI is InChI=1S/C15H15NO5/c1-9(15(19)21-3)6-7-16-12-8-10(20-2)4-5-11(12)13(17)14(16)18/h4-6,8H,7H2,1-3H3. The fourth-order valence-corrected chi connectivity index (χ4v) is 2.05. The van der Waals surface area contributed by atoms with Crippen LogP contribution in [0.2, 0.25) is 0 Å². The Kier molecular flexibility index (Phi) is 4.07. The van der Waals surface area contributed by atoms with E-state index in [4.69, 9.17) is 4.74 Å². The number of rotatable bonds is 4. The van der Waals surface area contributed by atoms with Crippen molar-refractivity contribution in [2.45, 2.75) is 6.92 Å². The predicted molar refractivity (Wildman–Crippen MR) is 75.5 cm³/mol. The van der Waals surface area contributed by atoms with E-state index >= 15 is 0 Å². The molecule has 0 spiro atoms. The summed E-state index contributed by atoms with van der Waals surface area (Å²) in [6.45, 7) is 1.70. The number of carbonyl (C=O) groups is 3. The molecule has 6 heteroatoms. The van der Waals surface area contributed by atoms with Crippen LogP contribution in [-0.4, -0.2) is 38.4 Å². The highest BCUT2D eigenvalue weighted by atomic mass is 16.5. The van der Waals surface area contributed by atoms with Gasteiger partial charge in [0.2, 0.25) is 0 Å². The van der Waals surface area contributed by atoms with E-state index < -0.39 is 17.7 Å².